The third-order valence-electron chi connectivity index (χ3n) is 2.37. The first-order chi connectivity index (χ1) is 8.54. The number of carbonyl (C=O) groups excluding carboxylic acids is 2. The molecule has 1 aromatic rings. The van der Waals surface area contributed by atoms with Crippen LogP contribution >= 0.6 is 0 Å². The Morgan fingerprint density at radius 2 is 2.11 bits per heavy atom. The average Bonchev–Trinajstić information content (AvgIpc) is 2.37. The molecular formula is C11H11NO6. The molecule has 0 unspecified atom stereocenters. The summed E-state index contributed by atoms with van der Waals surface area (Å²) >= 11 is 0. The van der Waals surface area contributed by atoms with Gasteiger partial charge in [0, 0.05) is 11.6 Å². The quantitative estimate of drug-likeness (QED) is 0.338. The van der Waals surface area contributed by atoms with Crippen molar-refractivity contribution in [3.63, 3.8) is 0 Å². The molecule has 7 heteroatoms. The summed E-state index contributed by atoms with van der Waals surface area (Å²) in [6.07, 6.45) is 0.0638. The SMILES string of the molecule is COC(=O)Cc1c(OC)ccc([N+](=O)[O-])c1C=O. The van der Waals surface area contributed by atoms with Crippen molar-refractivity contribution >= 4 is 17.9 Å². The van der Waals surface area contributed by atoms with Gasteiger partial charge in [-0.25, -0.2) is 0 Å². The summed E-state index contributed by atoms with van der Waals surface area (Å²) in [7, 11) is 2.53. The highest BCUT2D eigenvalue weighted by Crippen LogP contribution is 2.29. The van der Waals surface area contributed by atoms with Gasteiger partial charge in [-0.2, -0.15) is 0 Å². The Hall–Kier alpha value is -2.44. The van der Waals surface area contributed by atoms with E-state index in [4.69, 9.17) is 4.74 Å². The lowest BCUT2D eigenvalue weighted by Gasteiger charge is -2.10. The van der Waals surface area contributed by atoms with Crippen LogP contribution in [-0.2, 0) is 16.0 Å². The Morgan fingerprint density at radius 3 is 2.56 bits per heavy atom. The molecule has 0 atom stereocenters. The first kappa shape index (κ1) is 13.6. The van der Waals surface area contributed by atoms with Gasteiger partial charge in [0.2, 0.25) is 0 Å². The Bertz CT molecular complexity index is 497. The van der Waals surface area contributed by atoms with Gasteiger partial charge in [-0.3, -0.25) is 19.7 Å². The minimum absolute atomic E-state index is 0.147. The minimum Gasteiger partial charge on any atom is -0.496 e. The molecular weight excluding hydrogens is 242 g/mol. The van der Waals surface area contributed by atoms with E-state index >= 15 is 0 Å². The van der Waals surface area contributed by atoms with Gasteiger partial charge in [0.05, 0.1) is 31.1 Å². The van der Waals surface area contributed by atoms with Gasteiger partial charge in [-0.05, 0) is 6.07 Å². The predicted octanol–water partition coefficient (Wildman–Crippen LogP) is 1.13. The zero-order valence-electron chi connectivity index (χ0n) is 9.84. The molecule has 96 valence electrons. The van der Waals surface area contributed by atoms with Crippen molar-refractivity contribution in [1.29, 1.82) is 0 Å². The molecule has 0 aliphatic heterocycles. The van der Waals surface area contributed by atoms with Gasteiger partial charge < -0.3 is 9.47 Å². The normalized spacial score (nSPS) is 9.67. The number of ether oxygens (including phenoxy) is 2. The van der Waals surface area contributed by atoms with E-state index < -0.39 is 10.9 Å². The summed E-state index contributed by atoms with van der Waals surface area (Å²) in [5, 5.41) is 10.8. The first-order valence-corrected chi connectivity index (χ1v) is 4.91. The minimum atomic E-state index is -0.691. The summed E-state index contributed by atoms with van der Waals surface area (Å²) in [6.45, 7) is 0. The summed E-state index contributed by atoms with van der Waals surface area (Å²) in [5.74, 6) is -0.384. The number of carbonyl (C=O) groups is 2. The van der Waals surface area contributed by atoms with E-state index in [1.807, 2.05) is 0 Å². The summed E-state index contributed by atoms with van der Waals surface area (Å²) in [4.78, 5) is 32.3. The van der Waals surface area contributed by atoms with Gasteiger partial charge in [0.15, 0.2) is 6.29 Å². The van der Waals surface area contributed by atoms with E-state index in [-0.39, 0.29) is 29.0 Å². The zero-order chi connectivity index (χ0) is 13.7. The zero-order valence-corrected chi connectivity index (χ0v) is 9.84. The molecule has 0 saturated heterocycles. The number of aldehydes is 1. The number of hydrogen-bond donors (Lipinski definition) is 0. The van der Waals surface area contributed by atoms with Crippen LogP contribution in [-0.4, -0.2) is 31.4 Å². The van der Waals surface area contributed by atoms with Crippen LogP contribution < -0.4 is 4.74 Å². The second-order valence-corrected chi connectivity index (χ2v) is 3.31. The molecule has 0 saturated carbocycles. The van der Waals surface area contributed by atoms with Crippen LogP contribution in [0.2, 0.25) is 0 Å². The number of methoxy groups -OCH3 is 2. The van der Waals surface area contributed by atoms with Gasteiger partial charge >= 0.3 is 5.97 Å². The van der Waals surface area contributed by atoms with Gasteiger partial charge in [-0.15, -0.1) is 0 Å². The fourth-order valence-electron chi connectivity index (χ4n) is 1.51. The maximum atomic E-state index is 11.2. The van der Waals surface area contributed by atoms with Crippen LogP contribution in [0.25, 0.3) is 0 Å². The van der Waals surface area contributed by atoms with Crippen molar-refractivity contribution in [2.75, 3.05) is 14.2 Å². The van der Waals surface area contributed by atoms with Gasteiger partial charge in [-0.1, -0.05) is 0 Å². The second kappa shape index (κ2) is 5.76. The number of nitro benzene ring substituents is 1. The lowest BCUT2D eigenvalue weighted by molar-refractivity contribution is -0.385. The smallest absolute Gasteiger partial charge is 0.310 e. The molecule has 0 radical (unpaired) electrons. The lowest BCUT2D eigenvalue weighted by Crippen LogP contribution is -2.10. The van der Waals surface area contributed by atoms with E-state index in [2.05, 4.69) is 4.74 Å². The summed E-state index contributed by atoms with van der Waals surface area (Å²) < 4.78 is 9.45. The van der Waals surface area contributed by atoms with Crippen LogP contribution in [0.4, 0.5) is 5.69 Å². The van der Waals surface area contributed by atoms with Crippen LogP contribution in [0.3, 0.4) is 0 Å². The topological polar surface area (TPSA) is 95.7 Å². The fourth-order valence-corrected chi connectivity index (χ4v) is 1.51. The molecule has 0 fully saturated rings. The van der Waals surface area contributed by atoms with E-state index in [1.54, 1.807) is 0 Å². The van der Waals surface area contributed by atoms with E-state index in [9.17, 15) is 19.7 Å². The Kier molecular flexibility index (Phi) is 4.36. The highest BCUT2D eigenvalue weighted by molar-refractivity contribution is 5.88. The predicted molar refractivity (Wildman–Crippen MR) is 60.8 cm³/mol. The molecule has 1 rings (SSSR count). The summed E-state index contributed by atoms with van der Waals surface area (Å²) in [6, 6.07) is 2.49. The van der Waals surface area contributed by atoms with Crippen molar-refractivity contribution in [3.05, 3.63) is 33.4 Å². The monoisotopic (exact) mass is 253 g/mol. The molecule has 18 heavy (non-hydrogen) atoms. The number of nitrogens with zero attached hydrogens (tertiary/aromatic N) is 1. The van der Waals surface area contributed by atoms with Crippen LogP contribution in [0.5, 0.6) is 5.75 Å². The molecule has 0 heterocycles. The Morgan fingerprint density at radius 1 is 1.44 bits per heavy atom. The number of esters is 1. The number of nitro groups is 1. The molecule has 7 nitrogen and oxygen atoms in total. The number of benzene rings is 1. The molecule has 0 N–H and O–H groups in total. The van der Waals surface area contributed by atoms with Gasteiger partial charge in [0.25, 0.3) is 5.69 Å². The average molecular weight is 253 g/mol. The van der Waals surface area contributed by atoms with Crippen molar-refractivity contribution in [2.45, 2.75) is 6.42 Å². The van der Waals surface area contributed by atoms with E-state index in [0.29, 0.717) is 6.29 Å². The molecule has 0 amide bonds. The first-order valence-electron chi connectivity index (χ1n) is 4.91. The molecule has 0 spiro atoms. The Labute approximate surface area is 102 Å². The maximum absolute atomic E-state index is 11.2. The highest BCUT2D eigenvalue weighted by atomic mass is 16.6. The number of rotatable bonds is 5. The van der Waals surface area contributed by atoms with E-state index in [1.165, 1.54) is 20.3 Å². The Balaban J connectivity index is 3.41. The maximum Gasteiger partial charge on any atom is 0.310 e. The fraction of sp³-hybridized carbons (Fsp3) is 0.273. The van der Waals surface area contributed by atoms with Crippen LogP contribution in [0, 0.1) is 10.1 Å². The van der Waals surface area contributed by atoms with Crippen molar-refractivity contribution in [1.82, 2.24) is 0 Å². The van der Waals surface area contributed by atoms with Crippen LogP contribution in [0.15, 0.2) is 12.1 Å². The lowest BCUT2D eigenvalue weighted by atomic mass is 10.0. The second-order valence-electron chi connectivity index (χ2n) is 3.31. The van der Waals surface area contributed by atoms with Crippen molar-refractivity contribution in [2.24, 2.45) is 0 Å². The highest BCUT2D eigenvalue weighted by Gasteiger charge is 2.22. The molecule has 0 bridgehead atoms. The third kappa shape index (κ3) is 2.62. The summed E-state index contributed by atoms with van der Waals surface area (Å²) in [5.41, 5.74) is -0.400. The molecule has 1 aromatic carbocycles. The van der Waals surface area contributed by atoms with Crippen molar-refractivity contribution < 1.29 is 24.0 Å². The molecule has 0 aliphatic rings. The van der Waals surface area contributed by atoms with Crippen molar-refractivity contribution in [3.8, 4) is 5.75 Å². The van der Waals surface area contributed by atoms with Gasteiger partial charge in [0.1, 0.15) is 5.75 Å². The standard InChI is InChI=1S/C11H11NO6/c1-17-10-4-3-9(12(15)16)8(6-13)7(10)5-11(14)18-2/h3-4,6H,5H2,1-2H3. The van der Waals surface area contributed by atoms with E-state index in [0.717, 1.165) is 6.07 Å². The largest absolute Gasteiger partial charge is 0.496 e. The third-order valence-corrected chi connectivity index (χ3v) is 2.37. The molecule has 0 aliphatic carbocycles. The number of hydrogen-bond acceptors (Lipinski definition) is 6. The van der Waals surface area contributed by atoms with Crippen LogP contribution in [0.1, 0.15) is 15.9 Å². The molecule has 0 aromatic heterocycles.